The van der Waals surface area contributed by atoms with Crippen LogP contribution < -0.4 is 10.6 Å². The van der Waals surface area contributed by atoms with Gasteiger partial charge in [0.05, 0.1) is 0 Å². The minimum absolute atomic E-state index is 0.0712. The maximum atomic E-state index is 12.9. The third kappa shape index (κ3) is 2.64. The Bertz CT molecular complexity index is 679. The fraction of sp³-hybridized carbons (Fsp3) is 0.278. The Morgan fingerprint density at radius 2 is 1.95 bits per heavy atom. The molecule has 1 heterocycles. The number of aryl methyl sites for hydroxylation is 2. The SMILES string of the molecule is Cc1cc(N)ccc1C(=O)N1CCCCc2ccccc21. The van der Waals surface area contributed by atoms with Crippen molar-refractivity contribution >= 4 is 17.3 Å². The van der Waals surface area contributed by atoms with Crippen LogP contribution in [0.5, 0.6) is 0 Å². The summed E-state index contributed by atoms with van der Waals surface area (Å²) in [5, 5.41) is 0. The smallest absolute Gasteiger partial charge is 0.258 e. The minimum atomic E-state index is 0.0712. The number of carbonyl (C=O) groups excluding carboxylic acids is 1. The number of nitrogens with two attached hydrogens (primary N) is 1. The lowest BCUT2D eigenvalue weighted by Gasteiger charge is -2.23. The first kappa shape index (κ1) is 13.7. The van der Waals surface area contributed by atoms with Crippen molar-refractivity contribution in [3.05, 3.63) is 59.2 Å². The van der Waals surface area contributed by atoms with Gasteiger partial charge in [-0.2, -0.15) is 0 Å². The fourth-order valence-corrected chi connectivity index (χ4v) is 2.97. The fourth-order valence-electron chi connectivity index (χ4n) is 2.97. The predicted octanol–water partition coefficient (Wildman–Crippen LogP) is 3.56. The van der Waals surface area contributed by atoms with Gasteiger partial charge in [0.1, 0.15) is 0 Å². The van der Waals surface area contributed by atoms with Crippen molar-refractivity contribution in [1.29, 1.82) is 0 Å². The van der Waals surface area contributed by atoms with Crippen LogP contribution in [0, 0.1) is 6.92 Å². The van der Waals surface area contributed by atoms with E-state index in [4.69, 9.17) is 5.73 Å². The van der Waals surface area contributed by atoms with Crippen molar-refractivity contribution in [3.63, 3.8) is 0 Å². The zero-order valence-corrected chi connectivity index (χ0v) is 12.3. The molecule has 1 aliphatic rings. The average Bonchev–Trinajstić information content (AvgIpc) is 2.69. The number of para-hydroxylation sites is 1. The van der Waals surface area contributed by atoms with Crippen LogP contribution in [0.3, 0.4) is 0 Å². The summed E-state index contributed by atoms with van der Waals surface area (Å²) >= 11 is 0. The average molecular weight is 280 g/mol. The van der Waals surface area contributed by atoms with E-state index in [2.05, 4.69) is 6.07 Å². The van der Waals surface area contributed by atoms with Crippen LogP contribution in [0.2, 0.25) is 0 Å². The van der Waals surface area contributed by atoms with E-state index in [1.165, 1.54) is 5.56 Å². The molecule has 3 nitrogen and oxygen atoms in total. The van der Waals surface area contributed by atoms with E-state index in [0.29, 0.717) is 5.69 Å². The molecule has 0 spiro atoms. The van der Waals surface area contributed by atoms with Gasteiger partial charge >= 0.3 is 0 Å². The van der Waals surface area contributed by atoms with E-state index in [9.17, 15) is 4.79 Å². The predicted molar refractivity (Wildman–Crippen MR) is 86.6 cm³/mol. The second kappa shape index (κ2) is 5.60. The molecule has 0 saturated heterocycles. The summed E-state index contributed by atoms with van der Waals surface area (Å²) in [5.74, 6) is 0.0712. The second-order valence-electron chi connectivity index (χ2n) is 5.62. The normalized spacial score (nSPS) is 14.4. The van der Waals surface area contributed by atoms with Crippen LogP contribution in [0.15, 0.2) is 42.5 Å². The van der Waals surface area contributed by atoms with Gasteiger partial charge in [0.15, 0.2) is 0 Å². The molecule has 2 aromatic rings. The highest BCUT2D eigenvalue weighted by molar-refractivity contribution is 6.07. The quantitative estimate of drug-likeness (QED) is 0.812. The molecule has 0 saturated carbocycles. The van der Waals surface area contributed by atoms with Gasteiger partial charge in [-0.25, -0.2) is 0 Å². The highest BCUT2D eigenvalue weighted by Crippen LogP contribution is 2.28. The Morgan fingerprint density at radius 1 is 1.14 bits per heavy atom. The van der Waals surface area contributed by atoms with Crippen molar-refractivity contribution in [2.75, 3.05) is 17.2 Å². The summed E-state index contributed by atoms with van der Waals surface area (Å²) < 4.78 is 0. The molecule has 3 rings (SSSR count). The minimum Gasteiger partial charge on any atom is -0.399 e. The molecule has 2 N–H and O–H groups in total. The summed E-state index contributed by atoms with van der Waals surface area (Å²) in [6.45, 7) is 2.72. The maximum absolute atomic E-state index is 12.9. The first-order chi connectivity index (χ1) is 10.2. The van der Waals surface area contributed by atoms with E-state index in [1.807, 2.05) is 42.2 Å². The Kier molecular flexibility index (Phi) is 3.65. The number of benzene rings is 2. The van der Waals surface area contributed by atoms with Crippen molar-refractivity contribution in [2.45, 2.75) is 26.2 Å². The molecular formula is C18H20N2O. The molecule has 0 atom stereocenters. The number of hydrogen-bond donors (Lipinski definition) is 1. The molecule has 0 fully saturated rings. The largest absolute Gasteiger partial charge is 0.399 e. The zero-order valence-electron chi connectivity index (χ0n) is 12.3. The topological polar surface area (TPSA) is 46.3 Å². The van der Waals surface area contributed by atoms with Gasteiger partial charge in [0.2, 0.25) is 0 Å². The molecule has 3 heteroatoms. The van der Waals surface area contributed by atoms with Gasteiger partial charge < -0.3 is 10.6 Å². The molecule has 21 heavy (non-hydrogen) atoms. The Balaban J connectivity index is 2.01. The van der Waals surface area contributed by atoms with Crippen LogP contribution in [-0.4, -0.2) is 12.5 Å². The van der Waals surface area contributed by atoms with Gasteiger partial charge in [-0.1, -0.05) is 18.2 Å². The van der Waals surface area contributed by atoms with Gasteiger partial charge in [-0.3, -0.25) is 4.79 Å². The van der Waals surface area contributed by atoms with Crippen LogP contribution in [0.4, 0.5) is 11.4 Å². The monoisotopic (exact) mass is 280 g/mol. The van der Waals surface area contributed by atoms with Crippen molar-refractivity contribution in [2.24, 2.45) is 0 Å². The van der Waals surface area contributed by atoms with Crippen molar-refractivity contribution < 1.29 is 4.79 Å². The third-order valence-corrected chi connectivity index (χ3v) is 4.09. The number of nitrogens with zero attached hydrogens (tertiary/aromatic N) is 1. The summed E-state index contributed by atoms with van der Waals surface area (Å²) in [5.41, 5.74) is 10.5. The number of carbonyl (C=O) groups is 1. The first-order valence-corrected chi connectivity index (χ1v) is 7.43. The van der Waals surface area contributed by atoms with Crippen LogP contribution in [0.1, 0.15) is 34.3 Å². The van der Waals surface area contributed by atoms with Crippen molar-refractivity contribution in [1.82, 2.24) is 0 Å². The lowest BCUT2D eigenvalue weighted by atomic mass is 10.1. The van der Waals surface area contributed by atoms with Crippen LogP contribution >= 0.6 is 0 Å². The molecule has 2 aromatic carbocycles. The molecule has 1 amide bonds. The molecule has 1 aliphatic heterocycles. The molecule has 108 valence electrons. The number of amides is 1. The lowest BCUT2D eigenvalue weighted by Crippen LogP contribution is -2.32. The summed E-state index contributed by atoms with van der Waals surface area (Å²) in [4.78, 5) is 14.8. The molecule has 0 radical (unpaired) electrons. The van der Waals surface area contributed by atoms with Gasteiger partial charge in [0, 0.05) is 23.5 Å². The Hall–Kier alpha value is -2.29. The number of fused-ring (bicyclic) bond motifs is 1. The molecule has 0 aromatic heterocycles. The van der Waals surface area contributed by atoms with Gasteiger partial charge in [-0.05, 0) is 61.6 Å². The number of nitrogen functional groups attached to an aromatic ring is 1. The maximum Gasteiger partial charge on any atom is 0.258 e. The van der Waals surface area contributed by atoms with Crippen LogP contribution in [0.25, 0.3) is 0 Å². The standard InChI is InChI=1S/C18H20N2O/c1-13-12-15(19)9-10-16(13)18(21)20-11-5-4-7-14-6-2-3-8-17(14)20/h2-3,6,8-10,12H,4-5,7,11,19H2,1H3. The first-order valence-electron chi connectivity index (χ1n) is 7.43. The third-order valence-electron chi connectivity index (χ3n) is 4.09. The number of hydrogen-bond acceptors (Lipinski definition) is 2. The lowest BCUT2D eigenvalue weighted by molar-refractivity contribution is 0.0986. The van der Waals surface area contributed by atoms with E-state index in [0.717, 1.165) is 42.6 Å². The summed E-state index contributed by atoms with van der Waals surface area (Å²) in [6, 6.07) is 13.7. The second-order valence-corrected chi connectivity index (χ2v) is 5.62. The van der Waals surface area contributed by atoms with Gasteiger partial charge in [0.25, 0.3) is 5.91 Å². The highest BCUT2D eigenvalue weighted by atomic mass is 16.2. The van der Waals surface area contributed by atoms with E-state index in [1.54, 1.807) is 6.07 Å². The Labute approximate surface area is 125 Å². The Morgan fingerprint density at radius 3 is 2.76 bits per heavy atom. The molecule has 0 aliphatic carbocycles. The van der Waals surface area contributed by atoms with E-state index in [-0.39, 0.29) is 5.91 Å². The van der Waals surface area contributed by atoms with E-state index < -0.39 is 0 Å². The molecule has 0 unspecified atom stereocenters. The zero-order chi connectivity index (χ0) is 14.8. The highest BCUT2D eigenvalue weighted by Gasteiger charge is 2.23. The number of rotatable bonds is 1. The summed E-state index contributed by atoms with van der Waals surface area (Å²) in [6.07, 6.45) is 3.20. The van der Waals surface area contributed by atoms with E-state index >= 15 is 0 Å². The summed E-state index contributed by atoms with van der Waals surface area (Å²) in [7, 11) is 0. The van der Waals surface area contributed by atoms with Crippen molar-refractivity contribution in [3.8, 4) is 0 Å². The van der Waals surface area contributed by atoms with Gasteiger partial charge in [-0.15, -0.1) is 0 Å². The molecular weight excluding hydrogens is 260 g/mol. The number of anilines is 2. The molecule has 0 bridgehead atoms. The van der Waals surface area contributed by atoms with Crippen LogP contribution in [-0.2, 0) is 6.42 Å².